The van der Waals surface area contributed by atoms with Crippen LogP contribution in [0, 0.1) is 6.92 Å². The number of hydrogen-bond acceptors (Lipinski definition) is 8. The zero-order valence-corrected chi connectivity index (χ0v) is 21.7. The number of fused-ring (bicyclic) bond motifs is 1. The lowest BCUT2D eigenvalue weighted by molar-refractivity contribution is 0.146. The van der Waals surface area contributed by atoms with Crippen LogP contribution in [-0.2, 0) is 16.4 Å². The number of ether oxygens (including phenoxy) is 1. The summed E-state index contributed by atoms with van der Waals surface area (Å²) in [7, 11) is -3.80. The lowest BCUT2D eigenvalue weighted by Crippen LogP contribution is -2.36. The summed E-state index contributed by atoms with van der Waals surface area (Å²) in [6.07, 6.45) is 5.99. The normalized spacial score (nSPS) is 15.8. The molecule has 3 N–H and O–H groups in total. The average Bonchev–Trinajstić information content (AvgIpc) is 2.93. The fraction of sp³-hybridized carbons (Fsp3) is 0.250. The van der Waals surface area contributed by atoms with Crippen molar-refractivity contribution in [3.8, 4) is 16.9 Å². The lowest BCUT2D eigenvalue weighted by Gasteiger charge is -2.27. The van der Waals surface area contributed by atoms with Crippen molar-refractivity contribution < 1.29 is 18.3 Å². The average molecular weight is 532 g/mol. The van der Waals surface area contributed by atoms with Crippen LogP contribution >= 0.6 is 0 Å². The van der Waals surface area contributed by atoms with Crippen LogP contribution < -0.4 is 14.8 Å². The van der Waals surface area contributed by atoms with Crippen LogP contribution in [0.5, 0.6) is 5.75 Å². The summed E-state index contributed by atoms with van der Waals surface area (Å²) in [5, 5.41) is 13.6. The molecule has 38 heavy (non-hydrogen) atoms. The second kappa shape index (κ2) is 11.3. The largest absolute Gasteiger partial charge is 0.489 e. The van der Waals surface area contributed by atoms with E-state index in [1.54, 1.807) is 49.6 Å². The number of aryl methyl sites for hydroxylation is 2. The van der Waals surface area contributed by atoms with Crippen molar-refractivity contribution in [2.45, 2.75) is 36.9 Å². The highest BCUT2D eigenvalue weighted by atomic mass is 32.2. The summed E-state index contributed by atoms with van der Waals surface area (Å²) in [5.41, 5.74) is 4.47. The zero-order chi connectivity index (χ0) is 26.5. The number of aromatic nitrogens is 3. The highest BCUT2D eigenvalue weighted by molar-refractivity contribution is 7.92. The molecule has 0 saturated carbocycles. The molecule has 0 fully saturated rings. The van der Waals surface area contributed by atoms with E-state index in [4.69, 9.17) is 4.74 Å². The van der Waals surface area contributed by atoms with Gasteiger partial charge in [0.1, 0.15) is 11.9 Å². The summed E-state index contributed by atoms with van der Waals surface area (Å²) < 4.78 is 34.1. The number of aliphatic hydroxyl groups is 1. The Bertz CT molecular complexity index is 1500. The highest BCUT2D eigenvalue weighted by Crippen LogP contribution is 2.32. The van der Waals surface area contributed by atoms with Crippen LogP contribution in [0.1, 0.15) is 29.3 Å². The van der Waals surface area contributed by atoms with E-state index in [0.717, 1.165) is 40.8 Å². The molecule has 0 amide bonds. The minimum Gasteiger partial charge on any atom is -0.489 e. The van der Waals surface area contributed by atoms with Gasteiger partial charge in [0.15, 0.2) is 0 Å². The summed E-state index contributed by atoms with van der Waals surface area (Å²) in [4.78, 5) is 12.2. The van der Waals surface area contributed by atoms with E-state index in [1.807, 2.05) is 24.3 Å². The SMILES string of the molecule is Cc1ccnc(NS(=O)(=O)c2ccc(-c3ccc4c(c3)CC[C@H](CNC[C@@H](O)c3cccnc3)O4)cc2)n1. The zero-order valence-electron chi connectivity index (χ0n) is 20.9. The van der Waals surface area contributed by atoms with Gasteiger partial charge in [-0.2, -0.15) is 0 Å². The van der Waals surface area contributed by atoms with Crippen molar-refractivity contribution in [1.29, 1.82) is 0 Å². The number of anilines is 1. The number of nitrogens with one attached hydrogen (secondary N) is 2. The Balaban J connectivity index is 1.19. The second-order valence-electron chi connectivity index (χ2n) is 9.21. The number of pyridine rings is 1. The maximum absolute atomic E-state index is 12.7. The molecule has 0 bridgehead atoms. The van der Waals surface area contributed by atoms with E-state index in [-0.39, 0.29) is 16.9 Å². The Morgan fingerprint density at radius 1 is 1.08 bits per heavy atom. The van der Waals surface area contributed by atoms with Crippen LogP contribution in [0.2, 0.25) is 0 Å². The number of aliphatic hydroxyl groups excluding tert-OH is 1. The van der Waals surface area contributed by atoms with Gasteiger partial charge in [-0.3, -0.25) is 4.98 Å². The molecule has 0 saturated heterocycles. The molecule has 0 radical (unpaired) electrons. The summed E-state index contributed by atoms with van der Waals surface area (Å²) >= 11 is 0. The first-order valence-corrected chi connectivity index (χ1v) is 13.9. The Labute approximate surface area is 222 Å². The maximum atomic E-state index is 12.7. The van der Waals surface area contributed by atoms with Crippen molar-refractivity contribution in [2.75, 3.05) is 17.8 Å². The molecular formula is C28H29N5O4S. The first-order valence-electron chi connectivity index (χ1n) is 12.4. The number of rotatable bonds is 9. The summed E-state index contributed by atoms with van der Waals surface area (Å²) in [6, 6.07) is 18.1. The van der Waals surface area contributed by atoms with Crippen LogP contribution in [0.4, 0.5) is 5.95 Å². The minimum atomic E-state index is -3.80. The van der Waals surface area contributed by atoms with Crippen molar-refractivity contribution in [3.05, 3.63) is 96.1 Å². The predicted octanol–water partition coefficient (Wildman–Crippen LogP) is 3.66. The molecule has 1 aliphatic heterocycles. The quantitative estimate of drug-likeness (QED) is 0.299. The Hall–Kier alpha value is -3.86. The van der Waals surface area contributed by atoms with E-state index in [9.17, 15) is 13.5 Å². The van der Waals surface area contributed by atoms with Gasteiger partial charge in [-0.1, -0.05) is 24.3 Å². The molecule has 5 rings (SSSR count). The standard InChI is InChI=1S/C28H29N5O4S/c1-19-12-14-31-28(32-19)33-38(35,36)25-9-5-20(6-10-25)21-7-11-27-22(15-21)4-8-24(37-27)17-30-18-26(34)23-3-2-13-29-16-23/h2-3,5-7,9-16,24,26,30,34H,4,8,17-18H2,1H3,(H,31,32,33)/t24-,26-/m1/s1. The molecule has 196 valence electrons. The van der Waals surface area contributed by atoms with Crippen molar-refractivity contribution in [1.82, 2.24) is 20.3 Å². The van der Waals surface area contributed by atoms with Gasteiger partial charge in [0.05, 0.1) is 11.0 Å². The molecule has 9 nitrogen and oxygen atoms in total. The van der Waals surface area contributed by atoms with Crippen LogP contribution in [0.25, 0.3) is 11.1 Å². The second-order valence-corrected chi connectivity index (χ2v) is 10.9. The molecule has 3 heterocycles. The van der Waals surface area contributed by atoms with Crippen molar-refractivity contribution >= 4 is 16.0 Å². The Morgan fingerprint density at radius 3 is 2.66 bits per heavy atom. The first kappa shape index (κ1) is 25.8. The van der Waals surface area contributed by atoms with Gasteiger partial charge in [-0.25, -0.2) is 23.1 Å². The van der Waals surface area contributed by atoms with E-state index in [2.05, 4.69) is 31.1 Å². The van der Waals surface area contributed by atoms with Gasteiger partial charge < -0.3 is 15.2 Å². The third-order valence-corrected chi connectivity index (χ3v) is 7.73. The predicted molar refractivity (Wildman–Crippen MR) is 144 cm³/mol. The molecule has 0 spiro atoms. The number of sulfonamides is 1. The number of benzene rings is 2. The number of hydrogen-bond donors (Lipinski definition) is 3. The van der Waals surface area contributed by atoms with Gasteiger partial charge in [-0.05, 0) is 72.9 Å². The molecule has 2 aromatic heterocycles. The molecule has 4 aromatic rings. The van der Waals surface area contributed by atoms with E-state index in [0.29, 0.717) is 18.8 Å². The molecule has 2 atom stereocenters. The van der Waals surface area contributed by atoms with Crippen LogP contribution in [0.15, 0.2) is 84.1 Å². The monoisotopic (exact) mass is 531 g/mol. The van der Waals surface area contributed by atoms with Crippen molar-refractivity contribution in [2.24, 2.45) is 0 Å². The molecule has 1 aliphatic rings. The van der Waals surface area contributed by atoms with Crippen LogP contribution in [0.3, 0.4) is 0 Å². The Morgan fingerprint density at radius 2 is 1.89 bits per heavy atom. The Kier molecular flexibility index (Phi) is 7.64. The van der Waals surface area contributed by atoms with Gasteiger partial charge in [0.25, 0.3) is 10.0 Å². The van der Waals surface area contributed by atoms with E-state index >= 15 is 0 Å². The minimum absolute atomic E-state index is 0.0174. The first-order chi connectivity index (χ1) is 18.4. The molecule has 2 aromatic carbocycles. The summed E-state index contributed by atoms with van der Waals surface area (Å²) in [6.45, 7) is 2.83. The topological polar surface area (TPSA) is 126 Å². The third-order valence-electron chi connectivity index (χ3n) is 6.39. The van der Waals surface area contributed by atoms with Gasteiger partial charge in [0.2, 0.25) is 5.95 Å². The molecule has 10 heteroatoms. The lowest BCUT2D eigenvalue weighted by atomic mass is 9.97. The van der Waals surface area contributed by atoms with E-state index in [1.165, 1.54) is 6.20 Å². The smallest absolute Gasteiger partial charge is 0.264 e. The molecule has 0 unspecified atom stereocenters. The van der Waals surface area contributed by atoms with Gasteiger partial charge in [0, 0.05) is 42.9 Å². The molecule has 0 aliphatic carbocycles. The molecular weight excluding hydrogens is 502 g/mol. The number of nitrogens with zero attached hydrogens (tertiary/aromatic N) is 3. The fourth-order valence-corrected chi connectivity index (χ4v) is 5.29. The maximum Gasteiger partial charge on any atom is 0.264 e. The van der Waals surface area contributed by atoms with Gasteiger partial charge in [-0.15, -0.1) is 0 Å². The fourth-order valence-electron chi connectivity index (χ4n) is 4.34. The third kappa shape index (κ3) is 6.16. The van der Waals surface area contributed by atoms with E-state index < -0.39 is 16.1 Å². The summed E-state index contributed by atoms with van der Waals surface area (Å²) in [5.74, 6) is 0.892. The van der Waals surface area contributed by atoms with Crippen LogP contribution in [-0.4, -0.2) is 47.7 Å². The van der Waals surface area contributed by atoms with Crippen molar-refractivity contribution in [3.63, 3.8) is 0 Å². The highest BCUT2D eigenvalue weighted by Gasteiger charge is 2.21. The van der Waals surface area contributed by atoms with Gasteiger partial charge >= 0.3 is 0 Å².